The van der Waals surface area contributed by atoms with Crippen LogP contribution in [0.1, 0.15) is 70.6 Å². The zero-order valence-electron chi connectivity index (χ0n) is 21.4. The number of esters is 1. The van der Waals surface area contributed by atoms with Crippen LogP contribution in [0, 0.1) is 11.8 Å². The van der Waals surface area contributed by atoms with E-state index in [9.17, 15) is 19.5 Å². The number of nitrogens with zero attached hydrogens (tertiary/aromatic N) is 2. The van der Waals surface area contributed by atoms with Gasteiger partial charge in [0.05, 0.1) is 23.2 Å². The highest BCUT2D eigenvalue weighted by Crippen LogP contribution is 2.66. The number of allylic oxidation sites excluding steroid dienone is 1. The minimum atomic E-state index is -0.586. The Balaban J connectivity index is 1.62. The lowest BCUT2D eigenvalue weighted by Crippen LogP contribution is -2.57. The number of thioether (sulfide) groups is 1. The zero-order valence-corrected chi connectivity index (χ0v) is 22.3. The molecule has 36 heavy (non-hydrogen) atoms. The predicted molar refractivity (Wildman–Crippen MR) is 141 cm³/mol. The Labute approximate surface area is 219 Å². The molecule has 3 saturated heterocycles. The Bertz CT molecular complexity index is 844. The maximum Gasteiger partial charge on any atom is 0.310 e. The lowest BCUT2D eigenvalue weighted by atomic mass is 9.71. The molecule has 7 nitrogen and oxygen atoms in total. The lowest BCUT2D eigenvalue weighted by molar-refractivity contribution is -0.154. The number of carbonyl (C=O) groups excluding carboxylic acids is 3. The van der Waals surface area contributed by atoms with E-state index in [-0.39, 0.29) is 35.7 Å². The van der Waals surface area contributed by atoms with Crippen molar-refractivity contribution < 1.29 is 24.2 Å². The Morgan fingerprint density at radius 2 is 1.92 bits per heavy atom. The van der Waals surface area contributed by atoms with Crippen molar-refractivity contribution in [3.8, 4) is 0 Å². The first kappa shape index (κ1) is 27.2. The molecule has 1 N–H and O–H groups in total. The van der Waals surface area contributed by atoms with E-state index in [1.54, 1.807) is 28.8 Å². The smallest absolute Gasteiger partial charge is 0.310 e. The Kier molecular flexibility index (Phi) is 9.20. The molecule has 8 heteroatoms. The SMILES string of the molecule is C=CCCCOC(=O)[C@@H]1[C@H]2C(=O)N(CCCCO)C(C(=O)N(CC=C)C3CCCCC3)C23CC[C@H]1S3. The summed E-state index contributed by atoms with van der Waals surface area (Å²) in [7, 11) is 0. The first-order valence-electron chi connectivity index (χ1n) is 13.8. The first-order chi connectivity index (χ1) is 17.5. The number of likely N-dealkylation sites (tertiary alicyclic amines) is 1. The molecule has 1 spiro atoms. The molecule has 4 fully saturated rings. The van der Waals surface area contributed by atoms with Crippen molar-refractivity contribution in [2.24, 2.45) is 11.8 Å². The van der Waals surface area contributed by atoms with Gasteiger partial charge >= 0.3 is 5.97 Å². The topological polar surface area (TPSA) is 87.1 Å². The number of ether oxygens (including phenoxy) is 1. The van der Waals surface area contributed by atoms with Gasteiger partial charge in [0.25, 0.3) is 0 Å². The van der Waals surface area contributed by atoms with Crippen LogP contribution in [0.4, 0.5) is 0 Å². The molecule has 0 aromatic rings. The van der Waals surface area contributed by atoms with E-state index in [2.05, 4.69) is 13.2 Å². The summed E-state index contributed by atoms with van der Waals surface area (Å²) >= 11 is 1.69. The van der Waals surface area contributed by atoms with Crippen LogP contribution < -0.4 is 0 Å². The summed E-state index contributed by atoms with van der Waals surface area (Å²) < 4.78 is 5.05. The number of aliphatic hydroxyl groups excluding tert-OH is 1. The van der Waals surface area contributed by atoms with E-state index < -0.39 is 22.6 Å². The van der Waals surface area contributed by atoms with Gasteiger partial charge in [-0.1, -0.05) is 31.4 Å². The Hall–Kier alpha value is -1.80. The molecule has 2 unspecified atom stereocenters. The zero-order chi connectivity index (χ0) is 25.7. The molecule has 0 aromatic carbocycles. The number of rotatable bonds is 13. The van der Waals surface area contributed by atoms with Gasteiger partial charge in [0, 0.05) is 31.0 Å². The predicted octanol–water partition coefficient (Wildman–Crippen LogP) is 3.71. The minimum Gasteiger partial charge on any atom is -0.465 e. The fourth-order valence-electron chi connectivity index (χ4n) is 6.94. The van der Waals surface area contributed by atoms with Crippen molar-refractivity contribution in [3.05, 3.63) is 25.3 Å². The summed E-state index contributed by atoms with van der Waals surface area (Å²) in [6.45, 7) is 8.90. The van der Waals surface area contributed by atoms with Gasteiger partial charge in [0.2, 0.25) is 11.8 Å². The number of hydrogen-bond acceptors (Lipinski definition) is 6. The largest absolute Gasteiger partial charge is 0.465 e. The number of unbranched alkanes of at least 4 members (excludes halogenated alkanes) is 2. The van der Waals surface area contributed by atoms with Crippen LogP contribution in [0.3, 0.4) is 0 Å². The fraction of sp³-hybridized carbons (Fsp3) is 0.750. The molecular formula is C28H42N2O5S. The highest BCUT2D eigenvalue weighted by atomic mass is 32.2. The van der Waals surface area contributed by atoms with Crippen molar-refractivity contribution in [2.75, 3.05) is 26.3 Å². The van der Waals surface area contributed by atoms with E-state index in [1.165, 1.54) is 6.42 Å². The van der Waals surface area contributed by atoms with Crippen LogP contribution in [0.2, 0.25) is 0 Å². The summed E-state index contributed by atoms with van der Waals surface area (Å²) in [4.78, 5) is 45.3. The van der Waals surface area contributed by atoms with Gasteiger partial charge in [-0.15, -0.1) is 24.9 Å². The van der Waals surface area contributed by atoms with Gasteiger partial charge in [-0.2, -0.15) is 0 Å². The molecule has 5 atom stereocenters. The quantitative estimate of drug-likeness (QED) is 0.227. The van der Waals surface area contributed by atoms with E-state index in [0.29, 0.717) is 32.5 Å². The van der Waals surface area contributed by atoms with E-state index >= 15 is 0 Å². The molecule has 2 amide bonds. The summed E-state index contributed by atoms with van der Waals surface area (Å²) in [5.74, 6) is -1.39. The maximum absolute atomic E-state index is 14.4. The molecule has 0 radical (unpaired) electrons. The van der Waals surface area contributed by atoms with Crippen molar-refractivity contribution >= 4 is 29.5 Å². The second kappa shape index (κ2) is 12.2. The molecule has 4 rings (SSSR count). The van der Waals surface area contributed by atoms with Crippen LogP contribution in [0.15, 0.2) is 25.3 Å². The molecule has 4 aliphatic rings. The normalized spacial score (nSPS) is 31.4. The number of carbonyl (C=O) groups is 3. The second-order valence-corrected chi connectivity index (χ2v) is 12.3. The third kappa shape index (κ3) is 5.00. The number of hydrogen-bond donors (Lipinski definition) is 1. The van der Waals surface area contributed by atoms with Gasteiger partial charge in [0.1, 0.15) is 6.04 Å². The number of aliphatic hydroxyl groups is 1. The second-order valence-electron chi connectivity index (χ2n) is 10.7. The Morgan fingerprint density at radius 1 is 1.14 bits per heavy atom. The molecule has 1 aliphatic carbocycles. The van der Waals surface area contributed by atoms with Gasteiger partial charge in [-0.05, 0) is 51.4 Å². The average Bonchev–Trinajstić information content (AvgIpc) is 3.53. The molecule has 200 valence electrons. The maximum atomic E-state index is 14.4. The van der Waals surface area contributed by atoms with Crippen molar-refractivity contribution in [2.45, 2.75) is 92.7 Å². The Morgan fingerprint density at radius 3 is 2.61 bits per heavy atom. The lowest BCUT2D eigenvalue weighted by Gasteiger charge is -2.41. The average molecular weight is 519 g/mol. The summed E-state index contributed by atoms with van der Waals surface area (Å²) in [5, 5.41) is 9.37. The van der Waals surface area contributed by atoms with Gasteiger partial charge in [0.15, 0.2) is 0 Å². The summed E-state index contributed by atoms with van der Waals surface area (Å²) in [6, 6.07) is -0.410. The molecule has 0 aromatic heterocycles. The van der Waals surface area contributed by atoms with Crippen molar-refractivity contribution in [3.63, 3.8) is 0 Å². The van der Waals surface area contributed by atoms with Gasteiger partial charge < -0.3 is 19.6 Å². The number of amides is 2. The molecule has 1 saturated carbocycles. The van der Waals surface area contributed by atoms with E-state index in [4.69, 9.17) is 4.74 Å². The van der Waals surface area contributed by atoms with Crippen LogP contribution in [-0.2, 0) is 19.1 Å². The molecule has 3 heterocycles. The molecule has 2 bridgehead atoms. The highest BCUT2D eigenvalue weighted by molar-refractivity contribution is 8.02. The van der Waals surface area contributed by atoms with Crippen molar-refractivity contribution in [1.82, 2.24) is 9.80 Å². The van der Waals surface area contributed by atoms with Crippen LogP contribution >= 0.6 is 11.8 Å². The number of fused-ring (bicyclic) bond motifs is 1. The highest BCUT2D eigenvalue weighted by Gasteiger charge is 2.74. The van der Waals surface area contributed by atoms with E-state index in [1.807, 2.05) is 4.90 Å². The third-order valence-electron chi connectivity index (χ3n) is 8.53. The molecule has 3 aliphatic heterocycles. The van der Waals surface area contributed by atoms with Crippen LogP contribution in [0.5, 0.6) is 0 Å². The summed E-state index contributed by atoms with van der Waals surface area (Å²) in [5.41, 5.74) is 0. The van der Waals surface area contributed by atoms with E-state index in [0.717, 1.165) is 51.4 Å². The summed E-state index contributed by atoms with van der Waals surface area (Å²) in [6.07, 6.45) is 13.3. The van der Waals surface area contributed by atoms with Crippen molar-refractivity contribution in [1.29, 1.82) is 0 Å². The standard InChI is InChI=1S/C28H42N2O5S/c1-3-5-11-19-35-27(34)22-21-14-15-28(36-21)23(22)25(32)30(17-9-10-18-31)24(28)26(33)29(16-4-2)20-12-7-6-8-13-20/h3-4,20-24,31H,1-2,5-19H2/t21-,22+,23+,24?,28?/m1/s1. The van der Waals surface area contributed by atoms with Gasteiger partial charge in [-0.3, -0.25) is 14.4 Å². The minimum absolute atomic E-state index is 0.00907. The first-order valence-corrected chi connectivity index (χ1v) is 14.7. The van der Waals surface area contributed by atoms with Crippen LogP contribution in [-0.4, -0.2) is 81.1 Å². The van der Waals surface area contributed by atoms with Crippen LogP contribution in [0.25, 0.3) is 0 Å². The third-order valence-corrected chi connectivity index (χ3v) is 10.5. The van der Waals surface area contributed by atoms with Gasteiger partial charge in [-0.25, -0.2) is 0 Å². The fourth-order valence-corrected chi connectivity index (χ4v) is 9.14. The molecular weight excluding hydrogens is 476 g/mol. The monoisotopic (exact) mass is 518 g/mol.